The topological polar surface area (TPSA) is 120 Å². The third kappa shape index (κ3) is 30800. The van der Waals surface area contributed by atoms with E-state index in [0.29, 0.717) is 32.7 Å². The quantitative estimate of drug-likeness (QED) is 0.418. The third-order valence-corrected chi connectivity index (χ3v) is 0. The Labute approximate surface area is 157 Å². The van der Waals surface area contributed by atoms with Crippen molar-refractivity contribution in [2.75, 3.05) is 56.3 Å². The maximum Gasteiger partial charge on any atom is 0.0969 e. The zero-order valence-electron chi connectivity index (χ0n) is 17.2. The molecule has 150 valence electrons. The van der Waals surface area contributed by atoms with E-state index in [0.717, 1.165) is 20.8 Å². The SMILES string of the molecule is CC(=O)[O-].CC(=O)[O-].CC(=O)[O-].C[S+](C)C.C[S+](C)C.C[S+](C)C. The number of carboxylic acid groups (broad SMARTS) is 3. The van der Waals surface area contributed by atoms with Gasteiger partial charge in [0.05, 0.1) is 56.3 Å². The number of aliphatic carboxylic acids is 3. The molecule has 6 nitrogen and oxygen atoms in total. The molecule has 0 aromatic carbocycles. The van der Waals surface area contributed by atoms with E-state index in [-0.39, 0.29) is 0 Å². The van der Waals surface area contributed by atoms with Crippen LogP contribution in [0.15, 0.2) is 0 Å². The van der Waals surface area contributed by atoms with E-state index in [1.54, 1.807) is 0 Å². The summed E-state index contributed by atoms with van der Waals surface area (Å²) in [6, 6.07) is 0. The minimum atomic E-state index is -1.08. The van der Waals surface area contributed by atoms with Crippen molar-refractivity contribution in [2.45, 2.75) is 20.8 Å². The second kappa shape index (κ2) is 33.9. The van der Waals surface area contributed by atoms with Gasteiger partial charge in [0.1, 0.15) is 0 Å². The molecule has 0 amide bonds. The summed E-state index contributed by atoms with van der Waals surface area (Å²) in [6.45, 7) is 2.92. The van der Waals surface area contributed by atoms with Crippen LogP contribution in [0.2, 0.25) is 0 Å². The van der Waals surface area contributed by atoms with Gasteiger partial charge in [-0.2, -0.15) is 0 Å². The summed E-state index contributed by atoms with van der Waals surface area (Å²) in [7, 11) is 1.92. The Morgan fingerprint density at radius 3 is 0.458 bits per heavy atom. The van der Waals surface area contributed by atoms with E-state index in [1.165, 1.54) is 0 Å². The van der Waals surface area contributed by atoms with E-state index in [9.17, 15) is 0 Å². The van der Waals surface area contributed by atoms with Crippen LogP contribution in [0, 0.1) is 0 Å². The maximum atomic E-state index is 8.89. The van der Waals surface area contributed by atoms with Gasteiger partial charge in [-0.1, -0.05) is 0 Å². The molecule has 0 heterocycles. The van der Waals surface area contributed by atoms with Crippen LogP contribution in [0.3, 0.4) is 0 Å². The standard InChI is InChI=1S/3C3H9S.3C2H4O2/c3*1-4(2)3;3*1-2(3)4/h3*1-3H3;3*1H3,(H,3,4)/q3*+1;;;/p-3. The summed E-state index contributed by atoms with van der Waals surface area (Å²) >= 11 is 0. The molecule has 0 aliphatic rings. The van der Waals surface area contributed by atoms with Crippen LogP contribution < -0.4 is 15.3 Å². The summed E-state index contributed by atoms with van der Waals surface area (Å²) < 4.78 is 0. The van der Waals surface area contributed by atoms with Crippen molar-refractivity contribution in [3.63, 3.8) is 0 Å². The molecular formula is C15H36O6S3. The molecule has 0 atom stereocenters. The van der Waals surface area contributed by atoms with Gasteiger partial charge in [0.25, 0.3) is 0 Å². The predicted octanol–water partition coefficient (Wildman–Crippen LogP) is -2.25. The third-order valence-electron chi connectivity index (χ3n) is 0. The molecule has 0 N–H and O–H groups in total. The summed E-state index contributed by atoms with van der Waals surface area (Å²) in [6.07, 6.45) is 19.8. The molecule has 0 aromatic rings. The fraction of sp³-hybridized carbons (Fsp3) is 0.800. The number of hydrogen-bond donors (Lipinski definition) is 0. The van der Waals surface area contributed by atoms with Crippen molar-refractivity contribution in [1.29, 1.82) is 0 Å². The average molecular weight is 409 g/mol. The van der Waals surface area contributed by atoms with Crippen molar-refractivity contribution >= 4 is 50.6 Å². The molecule has 9 heteroatoms. The Balaban J connectivity index is -0.0000000405. The van der Waals surface area contributed by atoms with Crippen molar-refractivity contribution in [2.24, 2.45) is 0 Å². The zero-order chi connectivity index (χ0) is 21.5. The molecule has 0 rings (SSSR count). The molecule has 0 spiro atoms. The zero-order valence-corrected chi connectivity index (χ0v) is 19.6. The molecule has 0 radical (unpaired) electrons. The molecule has 0 fully saturated rings. The van der Waals surface area contributed by atoms with Crippen molar-refractivity contribution < 1.29 is 29.7 Å². The first-order valence-electron chi connectivity index (χ1n) is 6.40. The Kier molecular flexibility index (Phi) is 54.9. The fourth-order valence-electron chi connectivity index (χ4n) is 0. The number of carbonyl (C=O) groups excluding carboxylic acids is 3. The van der Waals surface area contributed by atoms with Crippen LogP contribution in [-0.2, 0) is 47.1 Å². The lowest BCUT2D eigenvalue weighted by Gasteiger charge is -1.77. The van der Waals surface area contributed by atoms with E-state index in [2.05, 4.69) is 56.3 Å². The molecule has 0 aliphatic heterocycles. The minimum Gasteiger partial charge on any atom is -0.550 e. The number of carboxylic acids is 3. The van der Waals surface area contributed by atoms with Gasteiger partial charge in [0.2, 0.25) is 0 Å². The molecular weight excluding hydrogens is 372 g/mol. The van der Waals surface area contributed by atoms with Crippen LogP contribution in [-0.4, -0.2) is 74.2 Å². The Morgan fingerprint density at radius 2 is 0.458 bits per heavy atom. The van der Waals surface area contributed by atoms with Gasteiger partial charge < -0.3 is 29.7 Å². The normalized spacial score (nSPS) is 7.62. The highest BCUT2D eigenvalue weighted by atomic mass is 32.2. The van der Waals surface area contributed by atoms with Gasteiger partial charge in [0.15, 0.2) is 0 Å². The number of hydrogen-bond acceptors (Lipinski definition) is 6. The van der Waals surface area contributed by atoms with Crippen molar-refractivity contribution in [1.82, 2.24) is 0 Å². The molecule has 0 aromatic heterocycles. The summed E-state index contributed by atoms with van der Waals surface area (Å²) in [4.78, 5) is 26.7. The van der Waals surface area contributed by atoms with Crippen LogP contribution >= 0.6 is 0 Å². The van der Waals surface area contributed by atoms with Crippen LogP contribution in [0.25, 0.3) is 0 Å². The Hall–Kier alpha value is -0.540. The summed E-state index contributed by atoms with van der Waals surface area (Å²) in [5, 5.41) is 26.7. The first kappa shape index (κ1) is 38.8. The maximum absolute atomic E-state index is 8.89. The molecule has 0 bridgehead atoms. The second-order valence-electron chi connectivity index (χ2n) is 5.15. The fourth-order valence-corrected chi connectivity index (χ4v) is 0. The highest BCUT2D eigenvalue weighted by Crippen LogP contribution is 1.64. The molecule has 0 saturated carbocycles. The first-order valence-corrected chi connectivity index (χ1v) is 13.7. The predicted molar refractivity (Wildman–Crippen MR) is 107 cm³/mol. The monoisotopic (exact) mass is 408 g/mol. The van der Waals surface area contributed by atoms with E-state index < -0.39 is 17.9 Å². The minimum absolute atomic E-state index is 0.639. The Morgan fingerprint density at radius 1 is 0.458 bits per heavy atom. The second-order valence-corrected chi connectivity index (χ2v) is 12.5. The van der Waals surface area contributed by atoms with Crippen molar-refractivity contribution in [3.8, 4) is 0 Å². The number of rotatable bonds is 0. The largest absolute Gasteiger partial charge is 0.550 e. The summed E-state index contributed by atoms with van der Waals surface area (Å²) in [5.41, 5.74) is 0. The highest BCUT2D eigenvalue weighted by molar-refractivity contribution is 7.95. The van der Waals surface area contributed by atoms with E-state index >= 15 is 0 Å². The lowest BCUT2D eigenvalue weighted by molar-refractivity contribution is -0.303. The average Bonchev–Trinajstić information content (AvgIpc) is 2.08. The lowest BCUT2D eigenvalue weighted by atomic mass is 10.9. The van der Waals surface area contributed by atoms with E-state index in [1.807, 2.05) is 0 Å². The van der Waals surface area contributed by atoms with Gasteiger partial charge in [-0.15, -0.1) is 0 Å². The molecule has 0 aliphatic carbocycles. The lowest BCUT2D eigenvalue weighted by Crippen LogP contribution is -2.16. The van der Waals surface area contributed by atoms with E-state index in [4.69, 9.17) is 29.7 Å². The van der Waals surface area contributed by atoms with Gasteiger partial charge >= 0.3 is 0 Å². The highest BCUT2D eigenvalue weighted by Gasteiger charge is 1.78. The molecule has 24 heavy (non-hydrogen) atoms. The van der Waals surface area contributed by atoms with Gasteiger partial charge in [-0.3, -0.25) is 0 Å². The summed E-state index contributed by atoms with van der Waals surface area (Å²) in [5.74, 6) is -3.25. The van der Waals surface area contributed by atoms with Crippen LogP contribution in [0.5, 0.6) is 0 Å². The molecule has 0 unspecified atom stereocenters. The Bertz CT molecular complexity index is 207. The van der Waals surface area contributed by atoms with Gasteiger partial charge in [0, 0.05) is 17.9 Å². The number of carbonyl (C=O) groups is 3. The van der Waals surface area contributed by atoms with Crippen LogP contribution in [0.4, 0.5) is 0 Å². The molecule has 0 saturated heterocycles. The van der Waals surface area contributed by atoms with Crippen LogP contribution in [0.1, 0.15) is 20.8 Å². The first-order chi connectivity index (χ1) is 10.4. The smallest absolute Gasteiger partial charge is 0.0969 e. The van der Waals surface area contributed by atoms with Crippen molar-refractivity contribution in [3.05, 3.63) is 0 Å². The van der Waals surface area contributed by atoms with Gasteiger partial charge in [-0.25, -0.2) is 0 Å². The van der Waals surface area contributed by atoms with Gasteiger partial charge in [-0.05, 0) is 53.5 Å².